The number of ether oxygens (including phenoxy) is 1. The summed E-state index contributed by atoms with van der Waals surface area (Å²) < 4.78 is 19.7. The number of hydrogen-bond donors (Lipinski definition) is 3. The molecule has 2 aromatic carbocycles. The van der Waals surface area contributed by atoms with Crippen LogP contribution in [0.4, 0.5) is 16.0 Å². The van der Waals surface area contributed by atoms with Crippen molar-refractivity contribution in [3.63, 3.8) is 0 Å². The van der Waals surface area contributed by atoms with Gasteiger partial charge in [0.25, 0.3) is 0 Å². The third kappa shape index (κ3) is 7.47. The summed E-state index contributed by atoms with van der Waals surface area (Å²) in [5.41, 5.74) is 2.98. The minimum absolute atomic E-state index is 0.0540. The molecule has 0 radical (unpaired) electrons. The average molecular weight is 567 g/mol. The van der Waals surface area contributed by atoms with E-state index in [4.69, 9.17) is 26.3 Å². The Balaban J connectivity index is 1.13. The molecule has 1 saturated heterocycles. The molecule has 1 fully saturated rings. The Hall–Kier alpha value is -3.27. The number of halogens is 2. The first-order valence-corrected chi connectivity index (χ1v) is 14.3. The van der Waals surface area contributed by atoms with Crippen LogP contribution in [-0.4, -0.2) is 72.3 Å². The first-order valence-electron chi connectivity index (χ1n) is 13.9. The fourth-order valence-corrected chi connectivity index (χ4v) is 5.49. The van der Waals surface area contributed by atoms with E-state index >= 15 is 0 Å². The van der Waals surface area contributed by atoms with Crippen LogP contribution in [0.2, 0.25) is 5.02 Å². The summed E-state index contributed by atoms with van der Waals surface area (Å²) in [7, 11) is 0. The Morgan fingerprint density at radius 1 is 1.15 bits per heavy atom. The Labute approximate surface area is 239 Å². The molecule has 0 saturated carbocycles. The lowest BCUT2D eigenvalue weighted by Crippen LogP contribution is -2.39. The molecule has 2 aliphatic rings. The number of amides is 1. The van der Waals surface area contributed by atoms with E-state index in [0.29, 0.717) is 30.5 Å². The van der Waals surface area contributed by atoms with Crippen molar-refractivity contribution in [2.24, 2.45) is 0 Å². The van der Waals surface area contributed by atoms with Gasteiger partial charge in [0.05, 0.1) is 18.8 Å². The van der Waals surface area contributed by atoms with Gasteiger partial charge in [-0.2, -0.15) is 0 Å². The second-order valence-corrected chi connectivity index (χ2v) is 10.8. The lowest BCUT2D eigenvalue weighted by Gasteiger charge is -2.32. The third-order valence-corrected chi connectivity index (χ3v) is 7.75. The van der Waals surface area contributed by atoms with Crippen LogP contribution >= 0.6 is 11.6 Å². The molecular weight excluding hydrogens is 531 g/mol. The van der Waals surface area contributed by atoms with Gasteiger partial charge in [0.15, 0.2) is 5.82 Å². The van der Waals surface area contributed by atoms with Crippen LogP contribution in [0.3, 0.4) is 0 Å². The standard InChI is InChI=1S/C30H36ClFN6O2/c1-20(39)33-12-13-34-29-26-18-24(35-30(26)37-28(36-29)22-5-3-2-4-6-22)19-40-25-10-15-38(16-11-25)14-9-21-7-8-23(32)17-27(21)31/h2-8,17,24-25H,9-16,18-19H2,1H3,(H,33,39)(H2,34,35,36,37). The molecule has 1 amide bonds. The molecule has 1 atom stereocenters. The molecule has 40 heavy (non-hydrogen) atoms. The Morgan fingerprint density at radius 3 is 2.70 bits per heavy atom. The molecule has 3 N–H and O–H groups in total. The minimum atomic E-state index is -0.301. The van der Waals surface area contributed by atoms with E-state index in [-0.39, 0.29) is 23.9 Å². The normalized spacial score (nSPS) is 17.3. The molecule has 212 valence electrons. The summed E-state index contributed by atoms with van der Waals surface area (Å²) in [6, 6.07) is 14.7. The monoisotopic (exact) mass is 566 g/mol. The number of benzene rings is 2. The molecule has 1 unspecified atom stereocenters. The highest BCUT2D eigenvalue weighted by Crippen LogP contribution is 2.32. The zero-order chi connectivity index (χ0) is 27.9. The van der Waals surface area contributed by atoms with E-state index in [2.05, 4.69) is 20.9 Å². The van der Waals surface area contributed by atoms with Gasteiger partial charge < -0.3 is 25.6 Å². The second-order valence-electron chi connectivity index (χ2n) is 10.4. The van der Waals surface area contributed by atoms with Crippen molar-refractivity contribution in [2.45, 2.75) is 44.8 Å². The number of hydrogen-bond acceptors (Lipinski definition) is 7. The largest absolute Gasteiger partial charge is 0.376 e. The van der Waals surface area contributed by atoms with Gasteiger partial charge in [0.2, 0.25) is 5.91 Å². The van der Waals surface area contributed by atoms with Crippen molar-refractivity contribution >= 4 is 29.1 Å². The number of likely N-dealkylation sites (tertiary alicyclic amines) is 1. The zero-order valence-electron chi connectivity index (χ0n) is 22.8. The summed E-state index contributed by atoms with van der Waals surface area (Å²) in [6.45, 7) is 6.04. The maximum atomic E-state index is 13.3. The van der Waals surface area contributed by atoms with Crippen molar-refractivity contribution in [3.05, 3.63) is 70.5 Å². The summed E-state index contributed by atoms with van der Waals surface area (Å²) in [5.74, 6) is 1.92. The summed E-state index contributed by atoms with van der Waals surface area (Å²) in [4.78, 5) is 23.3. The molecule has 3 aromatic rings. The number of carbonyl (C=O) groups is 1. The predicted octanol–water partition coefficient (Wildman–Crippen LogP) is 4.54. The fourth-order valence-electron chi connectivity index (χ4n) is 5.22. The van der Waals surface area contributed by atoms with Crippen molar-refractivity contribution in [1.82, 2.24) is 20.2 Å². The van der Waals surface area contributed by atoms with E-state index in [1.165, 1.54) is 19.1 Å². The molecule has 0 aliphatic carbocycles. The molecule has 5 rings (SSSR count). The van der Waals surface area contributed by atoms with Crippen LogP contribution in [0.5, 0.6) is 0 Å². The van der Waals surface area contributed by atoms with Crippen LogP contribution in [0.25, 0.3) is 11.4 Å². The van der Waals surface area contributed by atoms with E-state index in [1.54, 1.807) is 6.07 Å². The van der Waals surface area contributed by atoms with Gasteiger partial charge in [-0.1, -0.05) is 48.0 Å². The molecule has 0 bridgehead atoms. The van der Waals surface area contributed by atoms with Crippen molar-refractivity contribution in [3.8, 4) is 11.4 Å². The Kier molecular flexibility index (Phi) is 9.46. The highest BCUT2D eigenvalue weighted by Gasteiger charge is 2.28. The fraction of sp³-hybridized carbons (Fsp3) is 0.433. The summed E-state index contributed by atoms with van der Waals surface area (Å²) in [6.07, 6.45) is 3.75. The highest BCUT2D eigenvalue weighted by molar-refractivity contribution is 6.31. The molecule has 1 aromatic heterocycles. The smallest absolute Gasteiger partial charge is 0.216 e. The van der Waals surface area contributed by atoms with Crippen molar-refractivity contribution in [2.75, 3.05) is 50.0 Å². The number of carbonyl (C=O) groups excluding carboxylic acids is 1. The van der Waals surface area contributed by atoms with Gasteiger partial charge in [0.1, 0.15) is 17.5 Å². The maximum Gasteiger partial charge on any atom is 0.216 e. The first-order chi connectivity index (χ1) is 19.4. The lowest BCUT2D eigenvalue weighted by atomic mass is 10.1. The Bertz CT molecular complexity index is 1300. The highest BCUT2D eigenvalue weighted by atomic mass is 35.5. The van der Waals surface area contributed by atoms with Gasteiger partial charge in [0, 0.05) is 62.2 Å². The van der Waals surface area contributed by atoms with Crippen molar-refractivity contribution < 1.29 is 13.9 Å². The zero-order valence-corrected chi connectivity index (χ0v) is 23.5. The summed E-state index contributed by atoms with van der Waals surface area (Å²) in [5, 5.41) is 10.3. The van der Waals surface area contributed by atoms with Crippen LogP contribution in [0.15, 0.2) is 48.5 Å². The second kappa shape index (κ2) is 13.4. The van der Waals surface area contributed by atoms with Crippen molar-refractivity contribution in [1.29, 1.82) is 0 Å². The number of nitrogens with one attached hydrogen (secondary N) is 3. The molecule has 10 heteroatoms. The molecule has 3 heterocycles. The SMILES string of the molecule is CC(=O)NCCNc1nc(-c2ccccc2)nc2c1CC(COC1CCN(CCc3ccc(F)cc3Cl)CC1)N2. The number of fused-ring (bicyclic) bond motifs is 1. The number of aromatic nitrogens is 2. The minimum Gasteiger partial charge on any atom is -0.376 e. The number of piperidine rings is 1. The average Bonchev–Trinajstić information content (AvgIpc) is 3.38. The topological polar surface area (TPSA) is 91.4 Å². The van der Waals surface area contributed by atoms with E-state index in [1.807, 2.05) is 30.3 Å². The van der Waals surface area contributed by atoms with E-state index in [9.17, 15) is 9.18 Å². The quantitative estimate of drug-likeness (QED) is 0.293. The van der Waals surface area contributed by atoms with Crippen LogP contribution in [-0.2, 0) is 22.4 Å². The first kappa shape index (κ1) is 28.3. The van der Waals surface area contributed by atoms with Crippen LogP contribution in [0, 0.1) is 5.82 Å². The maximum absolute atomic E-state index is 13.3. The van der Waals surface area contributed by atoms with E-state index in [0.717, 1.165) is 73.6 Å². The number of rotatable bonds is 11. The molecule has 2 aliphatic heterocycles. The summed E-state index contributed by atoms with van der Waals surface area (Å²) >= 11 is 6.19. The molecule has 8 nitrogen and oxygen atoms in total. The molecule has 0 spiro atoms. The molecular formula is C30H36ClFN6O2. The van der Waals surface area contributed by atoms with Crippen LogP contribution < -0.4 is 16.0 Å². The lowest BCUT2D eigenvalue weighted by molar-refractivity contribution is -0.118. The van der Waals surface area contributed by atoms with E-state index < -0.39 is 0 Å². The van der Waals surface area contributed by atoms with Gasteiger partial charge in [-0.3, -0.25) is 4.79 Å². The Morgan fingerprint density at radius 2 is 1.95 bits per heavy atom. The van der Waals surface area contributed by atoms with Gasteiger partial charge in [-0.05, 0) is 37.0 Å². The van der Waals surface area contributed by atoms with Gasteiger partial charge in [-0.15, -0.1) is 0 Å². The predicted molar refractivity (Wildman–Crippen MR) is 156 cm³/mol. The van der Waals surface area contributed by atoms with Gasteiger partial charge in [-0.25, -0.2) is 14.4 Å². The van der Waals surface area contributed by atoms with Crippen LogP contribution in [0.1, 0.15) is 30.9 Å². The number of anilines is 2. The van der Waals surface area contributed by atoms with Gasteiger partial charge >= 0.3 is 0 Å². The third-order valence-electron chi connectivity index (χ3n) is 7.40. The number of nitrogens with zero attached hydrogens (tertiary/aromatic N) is 3.